The van der Waals surface area contributed by atoms with E-state index in [1.807, 2.05) is 0 Å². The predicted octanol–water partition coefficient (Wildman–Crippen LogP) is 0.0344. The molecule has 1 aromatic rings. The van der Waals surface area contributed by atoms with Crippen LogP contribution in [-0.4, -0.2) is 44.4 Å². The molecule has 0 radical (unpaired) electrons. The van der Waals surface area contributed by atoms with Crippen molar-refractivity contribution in [1.29, 1.82) is 0 Å². The lowest BCUT2D eigenvalue weighted by Crippen LogP contribution is -2.14. The second-order valence-electron chi connectivity index (χ2n) is 2.71. The lowest BCUT2D eigenvalue weighted by Gasteiger charge is -1.99. The van der Waals surface area contributed by atoms with E-state index in [0.29, 0.717) is 0 Å². The van der Waals surface area contributed by atoms with Gasteiger partial charge >= 0.3 is 17.9 Å². The van der Waals surface area contributed by atoms with Gasteiger partial charge in [-0.25, -0.2) is 14.4 Å². The SMILES string of the molecule is COC(=O)c1noc(C(=O)OC)c1C(=O)OC. The zero-order chi connectivity index (χ0) is 13.0. The van der Waals surface area contributed by atoms with Crippen molar-refractivity contribution in [3.63, 3.8) is 0 Å². The van der Waals surface area contributed by atoms with Crippen molar-refractivity contribution in [2.75, 3.05) is 21.3 Å². The number of carbonyl (C=O) groups is 3. The molecule has 0 saturated heterocycles. The Bertz CT molecular complexity index is 428. The summed E-state index contributed by atoms with van der Waals surface area (Å²) < 4.78 is 17.7. The van der Waals surface area contributed by atoms with E-state index in [0.717, 1.165) is 21.3 Å². The van der Waals surface area contributed by atoms with Crippen LogP contribution in [-0.2, 0) is 14.2 Å². The van der Waals surface area contributed by atoms with Crippen molar-refractivity contribution in [3.05, 3.63) is 17.0 Å². The van der Waals surface area contributed by atoms with Crippen LogP contribution in [0.1, 0.15) is 31.4 Å². The van der Waals surface area contributed by atoms with Gasteiger partial charge in [-0.15, -0.1) is 0 Å². The van der Waals surface area contributed by atoms with E-state index in [4.69, 9.17) is 0 Å². The third-order valence-corrected chi connectivity index (χ3v) is 1.83. The van der Waals surface area contributed by atoms with Crippen LogP contribution in [0.2, 0.25) is 0 Å². The van der Waals surface area contributed by atoms with Crippen LogP contribution < -0.4 is 0 Å². The molecule has 1 aromatic heterocycles. The normalized spacial score (nSPS) is 9.59. The Labute approximate surface area is 95.4 Å². The fraction of sp³-hybridized carbons (Fsp3) is 0.333. The molecule has 0 atom stereocenters. The van der Waals surface area contributed by atoms with E-state index >= 15 is 0 Å². The topological polar surface area (TPSA) is 105 Å². The molecule has 0 aliphatic carbocycles. The fourth-order valence-electron chi connectivity index (χ4n) is 1.05. The van der Waals surface area contributed by atoms with Crippen molar-refractivity contribution in [2.24, 2.45) is 0 Å². The van der Waals surface area contributed by atoms with Gasteiger partial charge in [0.05, 0.1) is 21.3 Å². The van der Waals surface area contributed by atoms with Crippen molar-refractivity contribution in [3.8, 4) is 0 Å². The highest BCUT2D eigenvalue weighted by molar-refractivity contribution is 6.08. The van der Waals surface area contributed by atoms with Gasteiger partial charge in [0, 0.05) is 0 Å². The van der Waals surface area contributed by atoms with Crippen LogP contribution in [0, 0.1) is 0 Å². The zero-order valence-electron chi connectivity index (χ0n) is 9.30. The van der Waals surface area contributed by atoms with Gasteiger partial charge in [0.15, 0.2) is 0 Å². The second kappa shape index (κ2) is 5.10. The van der Waals surface area contributed by atoms with Crippen molar-refractivity contribution in [2.45, 2.75) is 0 Å². The number of rotatable bonds is 3. The molecule has 0 saturated carbocycles. The molecule has 0 unspecified atom stereocenters. The van der Waals surface area contributed by atoms with Crippen molar-refractivity contribution in [1.82, 2.24) is 5.16 Å². The summed E-state index contributed by atoms with van der Waals surface area (Å²) in [6, 6.07) is 0. The molecular weight excluding hydrogens is 234 g/mol. The number of aromatic nitrogens is 1. The quantitative estimate of drug-likeness (QED) is 0.541. The molecule has 0 N–H and O–H groups in total. The van der Waals surface area contributed by atoms with E-state index in [-0.39, 0.29) is 0 Å². The fourth-order valence-corrected chi connectivity index (χ4v) is 1.05. The van der Waals surface area contributed by atoms with Gasteiger partial charge in [0.1, 0.15) is 5.56 Å². The monoisotopic (exact) mass is 243 g/mol. The van der Waals surface area contributed by atoms with Crippen LogP contribution in [0.15, 0.2) is 4.52 Å². The number of methoxy groups -OCH3 is 3. The Hall–Kier alpha value is -2.38. The van der Waals surface area contributed by atoms with Gasteiger partial charge in [-0.2, -0.15) is 0 Å². The number of hydrogen-bond donors (Lipinski definition) is 0. The van der Waals surface area contributed by atoms with Crippen LogP contribution >= 0.6 is 0 Å². The van der Waals surface area contributed by atoms with E-state index < -0.39 is 34.9 Å². The Morgan fingerprint density at radius 2 is 1.47 bits per heavy atom. The maximum atomic E-state index is 11.4. The first-order valence-corrected chi connectivity index (χ1v) is 4.31. The Balaban J connectivity index is 3.34. The Kier molecular flexibility index (Phi) is 3.81. The first kappa shape index (κ1) is 12.7. The number of carbonyl (C=O) groups excluding carboxylic acids is 3. The number of esters is 3. The van der Waals surface area contributed by atoms with Crippen molar-refractivity contribution >= 4 is 17.9 Å². The number of nitrogens with zero attached hydrogens (tertiary/aromatic N) is 1. The lowest BCUT2D eigenvalue weighted by atomic mass is 10.2. The highest BCUT2D eigenvalue weighted by atomic mass is 16.6. The van der Waals surface area contributed by atoms with E-state index in [2.05, 4.69) is 23.9 Å². The van der Waals surface area contributed by atoms with Gasteiger partial charge < -0.3 is 18.7 Å². The molecule has 0 aliphatic rings. The summed E-state index contributed by atoms with van der Waals surface area (Å²) in [5.74, 6) is -3.34. The van der Waals surface area contributed by atoms with Crippen LogP contribution in [0.4, 0.5) is 0 Å². The van der Waals surface area contributed by atoms with Gasteiger partial charge in [-0.3, -0.25) is 0 Å². The molecule has 17 heavy (non-hydrogen) atoms. The minimum atomic E-state index is -0.952. The standard InChI is InChI=1S/C9H9NO7/c1-14-7(11)4-5(8(12)15-2)10-17-6(4)9(13)16-3/h1-3H3. The van der Waals surface area contributed by atoms with Gasteiger partial charge in [-0.05, 0) is 0 Å². The summed E-state index contributed by atoms with van der Waals surface area (Å²) in [6.45, 7) is 0. The first-order valence-electron chi connectivity index (χ1n) is 4.31. The van der Waals surface area contributed by atoms with Crippen LogP contribution in [0.5, 0.6) is 0 Å². The van der Waals surface area contributed by atoms with Gasteiger partial charge in [-0.1, -0.05) is 5.16 Å². The van der Waals surface area contributed by atoms with Crippen molar-refractivity contribution < 1.29 is 33.1 Å². The third kappa shape index (κ3) is 2.25. The molecule has 92 valence electrons. The minimum Gasteiger partial charge on any atom is -0.465 e. The smallest absolute Gasteiger partial charge is 0.377 e. The third-order valence-electron chi connectivity index (χ3n) is 1.83. The molecule has 8 heteroatoms. The summed E-state index contributed by atoms with van der Waals surface area (Å²) in [5.41, 5.74) is -0.869. The Morgan fingerprint density at radius 3 is 1.94 bits per heavy atom. The highest BCUT2D eigenvalue weighted by Gasteiger charge is 2.32. The minimum absolute atomic E-state index is 0.425. The molecule has 0 aliphatic heterocycles. The number of hydrogen-bond acceptors (Lipinski definition) is 8. The first-order chi connectivity index (χ1) is 8.06. The molecule has 0 spiro atoms. The van der Waals surface area contributed by atoms with E-state index in [9.17, 15) is 14.4 Å². The maximum Gasteiger partial charge on any atom is 0.377 e. The summed E-state index contributed by atoms with van der Waals surface area (Å²) in [5, 5.41) is 3.27. The lowest BCUT2D eigenvalue weighted by molar-refractivity contribution is 0.0520. The average Bonchev–Trinajstić information content (AvgIpc) is 2.80. The molecule has 0 amide bonds. The summed E-state index contributed by atoms with van der Waals surface area (Å²) >= 11 is 0. The molecular formula is C9H9NO7. The predicted molar refractivity (Wildman–Crippen MR) is 50.5 cm³/mol. The average molecular weight is 243 g/mol. The Morgan fingerprint density at radius 1 is 0.941 bits per heavy atom. The number of ether oxygens (including phenoxy) is 3. The second-order valence-corrected chi connectivity index (χ2v) is 2.71. The van der Waals surface area contributed by atoms with E-state index in [1.54, 1.807) is 0 Å². The largest absolute Gasteiger partial charge is 0.465 e. The summed E-state index contributed by atoms with van der Waals surface area (Å²) in [4.78, 5) is 34.0. The molecule has 1 heterocycles. The van der Waals surface area contributed by atoms with Crippen LogP contribution in [0.3, 0.4) is 0 Å². The maximum absolute atomic E-state index is 11.4. The molecule has 0 bridgehead atoms. The molecule has 1 rings (SSSR count). The summed E-state index contributed by atoms with van der Waals surface area (Å²) in [7, 11) is 3.26. The summed E-state index contributed by atoms with van der Waals surface area (Å²) in [6.07, 6.45) is 0. The molecule has 0 aromatic carbocycles. The van der Waals surface area contributed by atoms with Gasteiger partial charge in [0.2, 0.25) is 5.69 Å². The molecule has 8 nitrogen and oxygen atoms in total. The van der Waals surface area contributed by atoms with Gasteiger partial charge in [0.25, 0.3) is 5.76 Å². The zero-order valence-corrected chi connectivity index (χ0v) is 9.30. The van der Waals surface area contributed by atoms with E-state index in [1.165, 1.54) is 0 Å². The molecule has 0 fully saturated rings. The highest BCUT2D eigenvalue weighted by Crippen LogP contribution is 2.17. The van der Waals surface area contributed by atoms with Crippen LogP contribution in [0.25, 0.3) is 0 Å².